The molecular formula is C13H15F3N2O3. The lowest BCUT2D eigenvalue weighted by Gasteiger charge is -2.15. The van der Waals surface area contributed by atoms with E-state index in [1.54, 1.807) is 0 Å². The largest absolute Gasteiger partial charge is 0.478 e. The number of oxime groups is 1. The fourth-order valence-electron chi connectivity index (χ4n) is 1.40. The molecule has 0 aliphatic carbocycles. The summed E-state index contributed by atoms with van der Waals surface area (Å²) in [5, 5.41) is 5.41. The van der Waals surface area contributed by atoms with Crippen molar-refractivity contribution in [3.8, 4) is 0 Å². The van der Waals surface area contributed by atoms with Gasteiger partial charge in [0.15, 0.2) is 5.67 Å². The number of halogens is 3. The van der Waals surface area contributed by atoms with E-state index in [1.165, 1.54) is 7.11 Å². The Labute approximate surface area is 119 Å². The van der Waals surface area contributed by atoms with Crippen molar-refractivity contribution >= 4 is 17.5 Å². The van der Waals surface area contributed by atoms with E-state index in [0.29, 0.717) is 0 Å². The molecule has 0 aromatic heterocycles. The molecule has 0 bridgehead atoms. The summed E-state index contributed by atoms with van der Waals surface area (Å²) in [6.07, 6.45) is 0. The number of nitrogens with one attached hydrogen (secondary N) is 1. The second-order valence-corrected chi connectivity index (χ2v) is 4.52. The summed E-state index contributed by atoms with van der Waals surface area (Å²) in [7, 11) is 2.35. The first-order valence-electron chi connectivity index (χ1n) is 5.85. The minimum Gasteiger partial charge on any atom is -0.478 e. The Kier molecular flexibility index (Phi) is 5.17. The Bertz CT molecular complexity index is 545. The third kappa shape index (κ3) is 4.11. The molecule has 1 N–H and O–H groups in total. The normalized spacial score (nSPS) is 12.0. The number of benzene rings is 1. The molecule has 0 atom stereocenters. The van der Waals surface area contributed by atoms with Crippen molar-refractivity contribution in [2.24, 2.45) is 5.16 Å². The molecule has 116 valence electrons. The molecule has 0 unspecified atom stereocenters. The molecule has 1 aromatic rings. The second kappa shape index (κ2) is 6.47. The summed E-state index contributed by atoms with van der Waals surface area (Å²) < 4.78 is 45.9. The molecule has 5 nitrogen and oxygen atoms in total. The number of carbonyl (C=O) groups excluding carboxylic acids is 1. The van der Waals surface area contributed by atoms with Gasteiger partial charge in [-0.3, -0.25) is 4.79 Å². The summed E-state index contributed by atoms with van der Waals surface area (Å²) in [4.78, 5) is 15.8. The van der Waals surface area contributed by atoms with Gasteiger partial charge in [-0.1, -0.05) is 0 Å². The quantitative estimate of drug-likeness (QED) is 0.528. The number of rotatable bonds is 4. The van der Waals surface area contributed by atoms with Crippen LogP contribution in [-0.2, 0) is 14.4 Å². The van der Waals surface area contributed by atoms with E-state index < -0.39 is 34.7 Å². The predicted molar refractivity (Wildman–Crippen MR) is 70.7 cm³/mol. The monoisotopic (exact) mass is 304 g/mol. The first-order chi connectivity index (χ1) is 9.70. The van der Waals surface area contributed by atoms with Gasteiger partial charge in [0.05, 0.1) is 7.11 Å². The van der Waals surface area contributed by atoms with Crippen LogP contribution in [0.4, 0.5) is 18.9 Å². The maximum Gasteiger partial charge on any atom is 0.263 e. The summed E-state index contributed by atoms with van der Waals surface area (Å²) in [5.41, 5.74) is -2.96. The Hall–Kier alpha value is -2.25. The molecule has 0 aliphatic rings. The van der Waals surface area contributed by atoms with Crippen LogP contribution in [0.5, 0.6) is 0 Å². The van der Waals surface area contributed by atoms with Crippen molar-refractivity contribution in [1.29, 1.82) is 0 Å². The Morgan fingerprint density at radius 3 is 2.14 bits per heavy atom. The fraction of sp³-hybridized carbons (Fsp3) is 0.385. The van der Waals surface area contributed by atoms with Gasteiger partial charge in [-0.25, -0.2) is 13.2 Å². The number of hydrogen-bond donors (Lipinski definition) is 1. The van der Waals surface area contributed by atoms with Gasteiger partial charge in [0.1, 0.15) is 24.3 Å². The predicted octanol–water partition coefficient (Wildman–Crippen LogP) is 2.61. The van der Waals surface area contributed by atoms with Crippen LogP contribution in [0.2, 0.25) is 0 Å². The standard InChI is InChI=1S/C13H15F3N2O3/c1-13(2,16)12(19)17-7-5-8(14)10(9(15)6-7)11(20-3)18-21-4/h5-6H,1-4H3,(H,17,19). The molecule has 0 fully saturated rings. The molecule has 0 saturated heterocycles. The number of hydrogen-bond acceptors (Lipinski definition) is 4. The Balaban J connectivity index is 3.17. The third-order valence-electron chi connectivity index (χ3n) is 2.42. The summed E-state index contributed by atoms with van der Waals surface area (Å²) in [6, 6.07) is 1.65. The fourth-order valence-corrected chi connectivity index (χ4v) is 1.40. The van der Waals surface area contributed by atoms with Crippen LogP contribution in [0, 0.1) is 11.6 Å². The molecule has 1 amide bonds. The highest BCUT2D eigenvalue weighted by molar-refractivity contribution is 5.98. The van der Waals surface area contributed by atoms with Crippen LogP contribution in [0.3, 0.4) is 0 Å². The smallest absolute Gasteiger partial charge is 0.263 e. The minimum atomic E-state index is -2.18. The molecule has 8 heteroatoms. The van der Waals surface area contributed by atoms with Crippen LogP contribution in [0.15, 0.2) is 17.3 Å². The van der Waals surface area contributed by atoms with E-state index in [-0.39, 0.29) is 5.69 Å². The number of nitrogens with zero attached hydrogens (tertiary/aromatic N) is 1. The Morgan fingerprint density at radius 2 is 1.76 bits per heavy atom. The average molecular weight is 304 g/mol. The number of carbonyl (C=O) groups is 1. The maximum absolute atomic E-state index is 13.9. The zero-order chi connectivity index (χ0) is 16.2. The van der Waals surface area contributed by atoms with E-state index in [0.717, 1.165) is 33.1 Å². The van der Waals surface area contributed by atoms with E-state index in [1.807, 2.05) is 0 Å². The van der Waals surface area contributed by atoms with Gasteiger partial charge in [0, 0.05) is 5.69 Å². The summed E-state index contributed by atoms with van der Waals surface area (Å²) >= 11 is 0. The van der Waals surface area contributed by atoms with Crippen molar-refractivity contribution < 1.29 is 27.5 Å². The van der Waals surface area contributed by atoms with E-state index in [4.69, 9.17) is 4.74 Å². The molecule has 0 aliphatic heterocycles. The highest BCUT2D eigenvalue weighted by Gasteiger charge is 2.27. The highest BCUT2D eigenvalue weighted by atomic mass is 19.1. The number of ether oxygens (including phenoxy) is 1. The molecule has 1 aromatic carbocycles. The number of anilines is 1. The molecule has 0 spiro atoms. The van der Waals surface area contributed by atoms with Gasteiger partial charge >= 0.3 is 0 Å². The lowest BCUT2D eigenvalue weighted by molar-refractivity contribution is -0.125. The van der Waals surface area contributed by atoms with Crippen LogP contribution < -0.4 is 5.32 Å². The lowest BCUT2D eigenvalue weighted by Crippen LogP contribution is -2.32. The molecular weight excluding hydrogens is 289 g/mol. The van der Waals surface area contributed by atoms with Crippen LogP contribution in [-0.4, -0.2) is 31.7 Å². The second-order valence-electron chi connectivity index (χ2n) is 4.52. The van der Waals surface area contributed by atoms with E-state index in [2.05, 4.69) is 15.3 Å². The molecule has 1 rings (SSSR count). The first-order valence-corrected chi connectivity index (χ1v) is 5.85. The maximum atomic E-state index is 13.9. The molecule has 0 saturated carbocycles. The number of alkyl halides is 1. The van der Waals surface area contributed by atoms with E-state index in [9.17, 15) is 18.0 Å². The average Bonchev–Trinajstić information content (AvgIpc) is 2.35. The number of amides is 1. The van der Waals surface area contributed by atoms with Gasteiger partial charge in [0.2, 0.25) is 0 Å². The molecule has 0 radical (unpaired) electrons. The summed E-state index contributed by atoms with van der Waals surface area (Å²) in [5.74, 6) is -3.51. The van der Waals surface area contributed by atoms with Crippen LogP contribution in [0.1, 0.15) is 19.4 Å². The Morgan fingerprint density at radius 1 is 1.24 bits per heavy atom. The van der Waals surface area contributed by atoms with Crippen LogP contribution >= 0.6 is 0 Å². The van der Waals surface area contributed by atoms with Crippen molar-refractivity contribution in [3.63, 3.8) is 0 Å². The van der Waals surface area contributed by atoms with Crippen molar-refractivity contribution in [1.82, 2.24) is 0 Å². The summed E-state index contributed by atoms with van der Waals surface area (Å²) in [6.45, 7) is 2.05. The van der Waals surface area contributed by atoms with Gasteiger partial charge in [-0.05, 0) is 31.1 Å². The first kappa shape index (κ1) is 16.8. The van der Waals surface area contributed by atoms with Crippen LogP contribution in [0.25, 0.3) is 0 Å². The third-order valence-corrected chi connectivity index (χ3v) is 2.42. The van der Waals surface area contributed by atoms with Gasteiger partial charge in [0.25, 0.3) is 11.8 Å². The minimum absolute atomic E-state index is 0.225. The van der Waals surface area contributed by atoms with Gasteiger partial charge < -0.3 is 14.9 Å². The van der Waals surface area contributed by atoms with Gasteiger partial charge in [-0.2, -0.15) is 0 Å². The number of methoxy groups -OCH3 is 1. The van der Waals surface area contributed by atoms with Crippen molar-refractivity contribution in [3.05, 3.63) is 29.3 Å². The van der Waals surface area contributed by atoms with Crippen molar-refractivity contribution in [2.75, 3.05) is 19.5 Å². The highest BCUT2D eigenvalue weighted by Crippen LogP contribution is 2.22. The topological polar surface area (TPSA) is 59.9 Å². The SMILES string of the molecule is CON=C(OC)c1c(F)cc(NC(=O)C(C)(C)F)cc1F. The van der Waals surface area contributed by atoms with Gasteiger partial charge in [-0.15, -0.1) is 0 Å². The lowest BCUT2D eigenvalue weighted by atomic mass is 10.1. The van der Waals surface area contributed by atoms with E-state index >= 15 is 0 Å². The molecule has 0 heterocycles. The molecule has 21 heavy (non-hydrogen) atoms. The zero-order valence-electron chi connectivity index (χ0n) is 12.0. The zero-order valence-corrected chi connectivity index (χ0v) is 12.0. The van der Waals surface area contributed by atoms with Crippen molar-refractivity contribution in [2.45, 2.75) is 19.5 Å².